The lowest BCUT2D eigenvalue weighted by molar-refractivity contribution is 0.626. The first-order valence-electron chi connectivity index (χ1n) is 5.87. The monoisotopic (exact) mass is 335 g/mol. The van der Waals surface area contributed by atoms with Crippen molar-refractivity contribution >= 4 is 43.0 Å². The minimum absolute atomic E-state index is 0.227. The van der Waals surface area contributed by atoms with Crippen molar-refractivity contribution in [3.05, 3.63) is 63.7 Å². The zero-order valence-corrected chi connectivity index (χ0v) is 12.4. The standard InChI is InChI=1S/C15H11BrFNS/c16-14-8-12(17)2-1-11(14)9-18-13-3-4-15-10(7-13)5-6-19-15/h1-8,18H,9H2. The van der Waals surface area contributed by atoms with Gasteiger partial charge in [-0.25, -0.2) is 4.39 Å². The first kappa shape index (κ1) is 12.6. The molecule has 0 saturated carbocycles. The number of fused-ring (bicyclic) bond motifs is 1. The van der Waals surface area contributed by atoms with E-state index in [0.717, 1.165) is 15.7 Å². The Labute approximate surface area is 123 Å². The van der Waals surface area contributed by atoms with Gasteiger partial charge in [0.1, 0.15) is 5.82 Å². The van der Waals surface area contributed by atoms with Crippen LogP contribution in [-0.4, -0.2) is 0 Å². The van der Waals surface area contributed by atoms with Crippen LogP contribution >= 0.6 is 27.3 Å². The molecule has 0 unspecified atom stereocenters. The summed E-state index contributed by atoms with van der Waals surface area (Å²) < 4.78 is 15.1. The molecule has 0 saturated heterocycles. The van der Waals surface area contributed by atoms with Crippen molar-refractivity contribution < 1.29 is 4.39 Å². The van der Waals surface area contributed by atoms with E-state index >= 15 is 0 Å². The van der Waals surface area contributed by atoms with E-state index in [-0.39, 0.29) is 5.82 Å². The van der Waals surface area contributed by atoms with E-state index < -0.39 is 0 Å². The Morgan fingerprint density at radius 1 is 1.11 bits per heavy atom. The molecule has 0 fully saturated rings. The third-order valence-corrected chi connectivity index (χ3v) is 4.59. The molecule has 3 rings (SSSR count). The van der Waals surface area contributed by atoms with Gasteiger partial charge in [-0.2, -0.15) is 0 Å². The summed E-state index contributed by atoms with van der Waals surface area (Å²) in [4.78, 5) is 0. The largest absolute Gasteiger partial charge is 0.381 e. The molecule has 1 heterocycles. The Morgan fingerprint density at radius 2 is 2.00 bits per heavy atom. The molecule has 1 nitrogen and oxygen atoms in total. The Bertz CT molecular complexity index is 723. The molecule has 1 aromatic heterocycles. The van der Waals surface area contributed by atoms with Crippen LogP contribution in [-0.2, 0) is 6.54 Å². The summed E-state index contributed by atoms with van der Waals surface area (Å²) >= 11 is 5.11. The minimum atomic E-state index is -0.227. The molecule has 0 amide bonds. The van der Waals surface area contributed by atoms with Gasteiger partial charge in [-0.15, -0.1) is 11.3 Å². The molecule has 0 aliphatic carbocycles. The first-order chi connectivity index (χ1) is 9.22. The molecule has 96 valence electrons. The van der Waals surface area contributed by atoms with Gasteiger partial charge < -0.3 is 5.32 Å². The quantitative estimate of drug-likeness (QED) is 0.674. The van der Waals surface area contributed by atoms with Crippen LogP contribution in [0, 0.1) is 5.82 Å². The molecule has 0 bridgehead atoms. The lowest BCUT2D eigenvalue weighted by Gasteiger charge is -2.08. The van der Waals surface area contributed by atoms with Crippen LogP contribution in [0.4, 0.5) is 10.1 Å². The second-order valence-corrected chi connectivity index (χ2v) is 6.06. The number of hydrogen-bond donors (Lipinski definition) is 1. The fourth-order valence-corrected chi connectivity index (χ4v) is 3.20. The third-order valence-electron chi connectivity index (χ3n) is 2.95. The van der Waals surface area contributed by atoms with Gasteiger partial charge in [-0.05, 0) is 52.7 Å². The maximum absolute atomic E-state index is 13.0. The van der Waals surface area contributed by atoms with Gasteiger partial charge in [0.2, 0.25) is 0 Å². The Balaban J connectivity index is 1.77. The van der Waals surface area contributed by atoms with Crippen LogP contribution < -0.4 is 5.32 Å². The highest BCUT2D eigenvalue weighted by atomic mass is 79.9. The summed E-state index contributed by atoms with van der Waals surface area (Å²) in [5.41, 5.74) is 2.11. The molecule has 4 heteroatoms. The minimum Gasteiger partial charge on any atom is -0.381 e. The van der Waals surface area contributed by atoms with Crippen LogP contribution in [0.3, 0.4) is 0 Å². The highest BCUT2D eigenvalue weighted by Crippen LogP contribution is 2.25. The van der Waals surface area contributed by atoms with Gasteiger partial charge in [0.05, 0.1) is 0 Å². The summed E-state index contributed by atoms with van der Waals surface area (Å²) in [6, 6.07) is 13.2. The lowest BCUT2D eigenvalue weighted by Crippen LogP contribution is -2.00. The highest BCUT2D eigenvalue weighted by Gasteiger charge is 2.02. The smallest absolute Gasteiger partial charge is 0.124 e. The average molecular weight is 336 g/mol. The van der Waals surface area contributed by atoms with Crippen LogP contribution in [0.15, 0.2) is 52.3 Å². The van der Waals surface area contributed by atoms with E-state index in [1.807, 2.05) is 0 Å². The Kier molecular flexibility index (Phi) is 3.53. The molecule has 0 radical (unpaired) electrons. The molecule has 1 N–H and O–H groups in total. The first-order valence-corrected chi connectivity index (χ1v) is 7.55. The summed E-state index contributed by atoms with van der Waals surface area (Å²) in [6.45, 7) is 0.663. The predicted octanol–water partition coefficient (Wildman–Crippen LogP) is 5.42. The number of benzene rings is 2. The summed E-state index contributed by atoms with van der Waals surface area (Å²) in [6.07, 6.45) is 0. The fourth-order valence-electron chi connectivity index (χ4n) is 1.94. The van der Waals surface area contributed by atoms with Crippen molar-refractivity contribution in [1.82, 2.24) is 0 Å². The summed E-state index contributed by atoms with van der Waals surface area (Å²) in [5, 5.41) is 6.69. The number of thiophene rings is 1. The summed E-state index contributed by atoms with van der Waals surface area (Å²) in [5.74, 6) is -0.227. The molecule has 2 aromatic carbocycles. The maximum atomic E-state index is 13.0. The molecule has 0 atom stereocenters. The average Bonchev–Trinajstić information content (AvgIpc) is 2.85. The van der Waals surface area contributed by atoms with E-state index in [1.165, 1.54) is 22.2 Å². The van der Waals surface area contributed by atoms with Crippen molar-refractivity contribution in [2.24, 2.45) is 0 Å². The molecule has 19 heavy (non-hydrogen) atoms. The van der Waals surface area contributed by atoms with Gasteiger partial charge in [0.15, 0.2) is 0 Å². The molecular formula is C15H11BrFNS. The van der Waals surface area contributed by atoms with E-state index in [4.69, 9.17) is 0 Å². The zero-order valence-electron chi connectivity index (χ0n) is 9.99. The number of hydrogen-bond acceptors (Lipinski definition) is 2. The van der Waals surface area contributed by atoms with Crippen LogP contribution in [0.2, 0.25) is 0 Å². The van der Waals surface area contributed by atoms with Crippen LogP contribution in [0.25, 0.3) is 10.1 Å². The zero-order chi connectivity index (χ0) is 13.2. The van der Waals surface area contributed by atoms with Crippen molar-refractivity contribution in [3.63, 3.8) is 0 Å². The van der Waals surface area contributed by atoms with Gasteiger partial charge in [0, 0.05) is 21.4 Å². The SMILES string of the molecule is Fc1ccc(CNc2ccc3sccc3c2)c(Br)c1. The van der Waals surface area contributed by atoms with E-state index in [0.29, 0.717) is 6.54 Å². The van der Waals surface area contributed by atoms with Crippen LogP contribution in [0.1, 0.15) is 5.56 Å². The molecule has 3 aromatic rings. The predicted molar refractivity (Wildman–Crippen MR) is 83.3 cm³/mol. The summed E-state index contributed by atoms with van der Waals surface area (Å²) in [7, 11) is 0. The Hall–Kier alpha value is -1.39. The Morgan fingerprint density at radius 3 is 2.84 bits per heavy atom. The molecule has 0 aliphatic rings. The highest BCUT2D eigenvalue weighted by molar-refractivity contribution is 9.10. The topological polar surface area (TPSA) is 12.0 Å². The molecular weight excluding hydrogens is 325 g/mol. The van der Waals surface area contributed by atoms with E-state index in [1.54, 1.807) is 17.4 Å². The fraction of sp³-hybridized carbons (Fsp3) is 0.0667. The third kappa shape index (κ3) is 2.80. The lowest BCUT2D eigenvalue weighted by atomic mass is 10.2. The maximum Gasteiger partial charge on any atom is 0.124 e. The van der Waals surface area contributed by atoms with Gasteiger partial charge >= 0.3 is 0 Å². The van der Waals surface area contributed by atoms with Gasteiger partial charge in [-0.1, -0.05) is 22.0 Å². The van der Waals surface area contributed by atoms with Crippen molar-refractivity contribution in [2.75, 3.05) is 5.32 Å². The van der Waals surface area contributed by atoms with Crippen molar-refractivity contribution in [1.29, 1.82) is 0 Å². The number of halogens is 2. The van der Waals surface area contributed by atoms with Crippen LogP contribution in [0.5, 0.6) is 0 Å². The second kappa shape index (κ2) is 5.31. The number of anilines is 1. The molecule has 0 aliphatic heterocycles. The van der Waals surface area contributed by atoms with Crippen molar-refractivity contribution in [2.45, 2.75) is 6.54 Å². The number of rotatable bonds is 3. The number of nitrogens with one attached hydrogen (secondary N) is 1. The van der Waals surface area contributed by atoms with Gasteiger partial charge in [-0.3, -0.25) is 0 Å². The second-order valence-electron chi connectivity index (χ2n) is 4.26. The van der Waals surface area contributed by atoms with Crippen molar-refractivity contribution in [3.8, 4) is 0 Å². The van der Waals surface area contributed by atoms with Gasteiger partial charge in [0.25, 0.3) is 0 Å². The van der Waals surface area contributed by atoms with E-state index in [2.05, 4.69) is 50.9 Å². The normalized spacial score (nSPS) is 10.8. The molecule has 0 spiro atoms. The van der Waals surface area contributed by atoms with E-state index in [9.17, 15) is 4.39 Å².